The molecule has 0 saturated heterocycles. The molecule has 1 aliphatic carbocycles. The number of carboxylic acid groups (broad SMARTS) is 1. The van der Waals surface area contributed by atoms with E-state index in [1.807, 2.05) is 0 Å². The molecule has 2 N–H and O–H groups in total. The first-order valence-corrected chi connectivity index (χ1v) is 6.31. The van der Waals surface area contributed by atoms with Gasteiger partial charge in [0.25, 0.3) is 0 Å². The SMILES string of the molecule is O=C(O)C1(c2cc(C(F)(F)F)cc(Br)c2O)CCC1. The summed E-state index contributed by atoms with van der Waals surface area (Å²) < 4.78 is 38.1. The van der Waals surface area contributed by atoms with Crippen molar-refractivity contribution in [1.82, 2.24) is 0 Å². The maximum Gasteiger partial charge on any atom is 0.416 e. The number of aromatic hydroxyl groups is 1. The van der Waals surface area contributed by atoms with Crippen molar-refractivity contribution in [1.29, 1.82) is 0 Å². The fraction of sp³-hybridized carbons (Fsp3) is 0.417. The first-order chi connectivity index (χ1) is 8.68. The lowest BCUT2D eigenvalue weighted by Crippen LogP contribution is -2.42. The number of carbonyl (C=O) groups is 1. The number of hydrogen-bond donors (Lipinski definition) is 2. The minimum Gasteiger partial charge on any atom is -0.506 e. The van der Waals surface area contributed by atoms with Gasteiger partial charge in [-0.25, -0.2) is 0 Å². The second kappa shape index (κ2) is 4.40. The predicted octanol–water partition coefficient (Wildman–Crippen LogP) is 3.68. The van der Waals surface area contributed by atoms with Crippen molar-refractivity contribution in [2.24, 2.45) is 0 Å². The van der Waals surface area contributed by atoms with Crippen LogP contribution in [0.2, 0.25) is 0 Å². The number of halogens is 4. The lowest BCUT2D eigenvalue weighted by atomic mass is 9.64. The summed E-state index contributed by atoms with van der Waals surface area (Å²) >= 11 is 2.84. The highest BCUT2D eigenvalue weighted by atomic mass is 79.9. The number of phenols is 1. The summed E-state index contributed by atoms with van der Waals surface area (Å²) in [4.78, 5) is 11.3. The minimum absolute atomic E-state index is 0.148. The molecule has 0 bridgehead atoms. The Balaban J connectivity index is 2.63. The fourth-order valence-electron chi connectivity index (χ4n) is 2.26. The normalized spacial score (nSPS) is 17.9. The third-order valence-electron chi connectivity index (χ3n) is 3.52. The molecule has 1 aliphatic rings. The number of aliphatic carboxylic acids is 1. The van der Waals surface area contributed by atoms with Gasteiger partial charge in [-0.2, -0.15) is 13.2 Å². The van der Waals surface area contributed by atoms with Crippen molar-refractivity contribution in [2.45, 2.75) is 30.9 Å². The molecule has 0 aromatic heterocycles. The van der Waals surface area contributed by atoms with Crippen LogP contribution in [-0.2, 0) is 16.4 Å². The third-order valence-corrected chi connectivity index (χ3v) is 4.13. The van der Waals surface area contributed by atoms with Crippen LogP contribution in [-0.4, -0.2) is 16.2 Å². The van der Waals surface area contributed by atoms with Crippen LogP contribution >= 0.6 is 15.9 Å². The van der Waals surface area contributed by atoms with Gasteiger partial charge in [-0.3, -0.25) is 4.79 Å². The van der Waals surface area contributed by atoms with Crippen LogP contribution in [0.3, 0.4) is 0 Å². The monoisotopic (exact) mass is 338 g/mol. The van der Waals surface area contributed by atoms with Gasteiger partial charge in [0.05, 0.1) is 15.5 Å². The van der Waals surface area contributed by atoms with Gasteiger partial charge in [0, 0.05) is 5.56 Å². The summed E-state index contributed by atoms with van der Waals surface area (Å²) in [7, 11) is 0. The average Bonchev–Trinajstić information content (AvgIpc) is 2.20. The van der Waals surface area contributed by atoms with Crippen molar-refractivity contribution in [3.8, 4) is 5.75 Å². The van der Waals surface area contributed by atoms with Crippen LogP contribution in [0.5, 0.6) is 5.75 Å². The van der Waals surface area contributed by atoms with Gasteiger partial charge in [-0.15, -0.1) is 0 Å². The maximum atomic E-state index is 12.7. The van der Waals surface area contributed by atoms with Gasteiger partial charge >= 0.3 is 12.1 Å². The van der Waals surface area contributed by atoms with Gasteiger partial charge in [0.2, 0.25) is 0 Å². The van der Waals surface area contributed by atoms with E-state index < -0.39 is 28.9 Å². The lowest BCUT2D eigenvalue weighted by Gasteiger charge is -2.38. The molecule has 0 amide bonds. The Morgan fingerprint density at radius 2 is 1.89 bits per heavy atom. The Hall–Kier alpha value is -1.24. The summed E-state index contributed by atoms with van der Waals surface area (Å²) in [5.41, 5.74) is -2.55. The second-order valence-corrected chi connectivity index (χ2v) is 5.45. The Bertz CT molecular complexity index is 536. The molecular weight excluding hydrogens is 329 g/mol. The van der Waals surface area contributed by atoms with E-state index in [1.54, 1.807) is 0 Å². The van der Waals surface area contributed by atoms with Crippen molar-refractivity contribution in [3.63, 3.8) is 0 Å². The standard InChI is InChI=1S/C12H10BrF3O3/c13-8-5-6(12(14,15)16)4-7(9(8)17)11(10(18)19)2-1-3-11/h4-5,17H,1-3H2,(H,18,19). The van der Waals surface area contributed by atoms with E-state index in [4.69, 9.17) is 0 Å². The lowest BCUT2D eigenvalue weighted by molar-refractivity contribution is -0.148. The van der Waals surface area contributed by atoms with Crippen LogP contribution in [0, 0.1) is 0 Å². The average molecular weight is 339 g/mol. The highest BCUT2D eigenvalue weighted by Gasteiger charge is 2.49. The van der Waals surface area contributed by atoms with Crippen LogP contribution in [0.25, 0.3) is 0 Å². The van der Waals surface area contributed by atoms with Crippen LogP contribution in [0.1, 0.15) is 30.4 Å². The predicted molar refractivity (Wildman–Crippen MR) is 64.0 cm³/mol. The second-order valence-electron chi connectivity index (χ2n) is 4.59. The summed E-state index contributed by atoms with van der Waals surface area (Å²) in [5, 5.41) is 19.1. The molecule has 104 valence electrons. The molecule has 1 aromatic carbocycles. The molecule has 0 unspecified atom stereocenters. The molecule has 2 rings (SSSR count). The zero-order chi connectivity index (χ0) is 14.4. The van der Waals surface area contributed by atoms with E-state index in [0.717, 1.165) is 12.1 Å². The Kier molecular flexibility index (Phi) is 3.28. The number of alkyl halides is 3. The van der Waals surface area contributed by atoms with E-state index in [1.165, 1.54) is 0 Å². The van der Waals surface area contributed by atoms with Crippen molar-refractivity contribution >= 4 is 21.9 Å². The van der Waals surface area contributed by atoms with Crippen molar-refractivity contribution in [2.75, 3.05) is 0 Å². The number of phenolic OH excluding ortho intramolecular Hbond substituents is 1. The molecule has 0 aliphatic heterocycles. The summed E-state index contributed by atoms with van der Waals surface area (Å²) in [5.74, 6) is -1.64. The summed E-state index contributed by atoms with van der Waals surface area (Å²) in [6.07, 6.45) is -3.53. The van der Waals surface area contributed by atoms with Crippen molar-refractivity contribution < 1.29 is 28.2 Å². The van der Waals surface area contributed by atoms with E-state index >= 15 is 0 Å². The van der Waals surface area contributed by atoms with E-state index in [2.05, 4.69) is 15.9 Å². The van der Waals surface area contributed by atoms with E-state index in [-0.39, 0.29) is 22.9 Å². The molecule has 0 radical (unpaired) electrons. The minimum atomic E-state index is -4.59. The smallest absolute Gasteiger partial charge is 0.416 e. The molecule has 0 heterocycles. The van der Waals surface area contributed by atoms with E-state index in [0.29, 0.717) is 6.42 Å². The molecule has 19 heavy (non-hydrogen) atoms. The number of carboxylic acids is 1. The first kappa shape index (κ1) is 14.2. The Morgan fingerprint density at radius 1 is 1.32 bits per heavy atom. The van der Waals surface area contributed by atoms with Gasteiger partial charge in [-0.1, -0.05) is 6.42 Å². The molecule has 1 fully saturated rings. The molecule has 1 aromatic rings. The number of hydrogen-bond acceptors (Lipinski definition) is 2. The molecule has 3 nitrogen and oxygen atoms in total. The van der Waals surface area contributed by atoms with Gasteiger partial charge in [0.15, 0.2) is 0 Å². The highest BCUT2D eigenvalue weighted by molar-refractivity contribution is 9.10. The highest BCUT2D eigenvalue weighted by Crippen LogP contribution is 2.50. The number of rotatable bonds is 2. The molecule has 0 atom stereocenters. The van der Waals surface area contributed by atoms with Crippen LogP contribution in [0.4, 0.5) is 13.2 Å². The zero-order valence-corrected chi connectivity index (χ0v) is 11.2. The van der Waals surface area contributed by atoms with Crippen LogP contribution < -0.4 is 0 Å². The van der Waals surface area contributed by atoms with Crippen LogP contribution in [0.15, 0.2) is 16.6 Å². The topological polar surface area (TPSA) is 57.5 Å². The Labute approximate surface area is 115 Å². The molecule has 7 heteroatoms. The molecule has 0 spiro atoms. The molecular formula is C12H10BrF3O3. The van der Waals surface area contributed by atoms with Gasteiger partial charge < -0.3 is 10.2 Å². The van der Waals surface area contributed by atoms with E-state index in [9.17, 15) is 28.2 Å². The molecule has 1 saturated carbocycles. The van der Waals surface area contributed by atoms with Gasteiger partial charge in [-0.05, 0) is 40.9 Å². The largest absolute Gasteiger partial charge is 0.506 e. The zero-order valence-electron chi connectivity index (χ0n) is 9.59. The fourth-order valence-corrected chi connectivity index (χ4v) is 2.72. The summed E-state index contributed by atoms with van der Waals surface area (Å²) in [6, 6.07) is 1.47. The number of benzene rings is 1. The Morgan fingerprint density at radius 3 is 2.26 bits per heavy atom. The van der Waals surface area contributed by atoms with Gasteiger partial charge in [0.1, 0.15) is 5.75 Å². The van der Waals surface area contributed by atoms with Crippen molar-refractivity contribution in [3.05, 3.63) is 27.7 Å². The quantitative estimate of drug-likeness (QED) is 0.864. The first-order valence-electron chi connectivity index (χ1n) is 5.52. The maximum absolute atomic E-state index is 12.7. The third kappa shape index (κ3) is 2.20. The summed E-state index contributed by atoms with van der Waals surface area (Å²) in [6.45, 7) is 0.